The summed E-state index contributed by atoms with van der Waals surface area (Å²) in [7, 11) is 0. The monoisotopic (exact) mass is 525 g/mol. The van der Waals surface area contributed by atoms with Gasteiger partial charge in [0.15, 0.2) is 0 Å². The summed E-state index contributed by atoms with van der Waals surface area (Å²) < 4.78 is 2.71. The number of benzene rings is 2. The quantitative estimate of drug-likeness (QED) is 0.195. The number of hydrogen-bond donors (Lipinski definition) is 0. The van der Waals surface area contributed by atoms with Gasteiger partial charge in [-0.2, -0.15) is 0 Å². The van der Waals surface area contributed by atoms with E-state index in [-0.39, 0.29) is 6.04 Å². The highest BCUT2D eigenvalue weighted by molar-refractivity contribution is 6.60. The number of hydrogen-bond acceptors (Lipinski definition) is 3. The molecular weight excluding hydrogens is 477 g/mol. The SMILES string of the molecule is CC(C)c1cccc(C(C)C)c1N=Cc1cccc(C(C)[N](c2c(C(C)C)cccc2C(C)C)[Al]([CH3])[CH3])n1. The molecule has 0 amide bonds. The predicted octanol–water partition coefficient (Wildman–Crippen LogP) is 10.1. The first kappa shape index (κ1) is 30.1. The van der Waals surface area contributed by atoms with Gasteiger partial charge >= 0.3 is 14.4 Å². The second-order valence-electron chi connectivity index (χ2n) is 12.1. The Morgan fingerprint density at radius 2 is 1.11 bits per heavy atom. The van der Waals surface area contributed by atoms with Crippen LogP contribution in [0.3, 0.4) is 0 Å². The maximum atomic E-state index is 5.15. The van der Waals surface area contributed by atoms with E-state index in [2.05, 4.69) is 132 Å². The van der Waals surface area contributed by atoms with E-state index in [4.69, 9.17) is 9.98 Å². The van der Waals surface area contributed by atoms with E-state index in [0.717, 1.165) is 17.1 Å². The molecular formula is C34H48AlN3. The fourth-order valence-corrected chi connectivity index (χ4v) is 7.28. The van der Waals surface area contributed by atoms with E-state index in [9.17, 15) is 0 Å². The van der Waals surface area contributed by atoms with E-state index in [0.29, 0.717) is 23.7 Å². The second kappa shape index (κ2) is 13.1. The summed E-state index contributed by atoms with van der Waals surface area (Å²) in [5, 5.41) is 0. The maximum Gasteiger partial charge on any atom is 0.407 e. The summed E-state index contributed by atoms with van der Waals surface area (Å²) in [6, 6.07) is 20.0. The lowest BCUT2D eigenvalue weighted by atomic mass is 9.92. The molecule has 0 aliphatic heterocycles. The molecule has 4 heteroatoms. The van der Waals surface area contributed by atoms with Crippen LogP contribution in [-0.2, 0) is 0 Å². The van der Waals surface area contributed by atoms with Crippen molar-refractivity contribution in [1.29, 1.82) is 0 Å². The fourth-order valence-electron chi connectivity index (χ4n) is 5.42. The van der Waals surface area contributed by atoms with E-state index in [1.54, 1.807) is 0 Å². The molecule has 3 rings (SSSR count). The molecule has 0 saturated heterocycles. The van der Waals surface area contributed by atoms with Crippen LogP contribution in [0.4, 0.5) is 11.4 Å². The van der Waals surface area contributed by atoms with Gasteiger partial charge in [0.1, 0.15) is 0 Å². The van der Waals surface area contributed by atoms with Gasteiger partial charge in [-0.05, 0) is 65.0 Å². The van der Waals surface area contributed by atoms with Crippen LogP contribution < -0.4 is 3.88 Å². The molecule has 0 aliphatic carbocycles. The number of aliphatic imine (C=N–C) groups is 1. The molecule has 0 bridgehead atoms. The van der Waals surface area contributed by atoms with Crippen molar-refractivity contribution in [1.82, 2.24) is 4.98 Å². The normalized spacial score (nSPS) is 12.8. The molecule has 0 radical (unpaired) electrons. The molecule has 0 fully saturated rings. The first-order valence-corrected chi connectivity index (χ1v) is 17.3. The van der Waals surface area contributed by atoms with Gasteiger partial charge < -0.3 is 3.88 Å². The van der Waals surface area contributed by atoms with Crippen LogP contribution in [0.25, 0.3) is 0 Å². The van der Waals surface area contributed by atoms with Crippen molar-refractivity contribution in [3.63, 3.8) is 0 Å². The number of nitrogens with zero attached hydrogens (tertiary/aromatic N) is 3. The average molecular weight is 526 g/mol. The highest BCUT2D eigenvalue weighted by atomic mass is 27.2. The van der Waals surface area contributed by atoms with Crippen LogP contribution in [0.1, 0.15) is 126 Å². The highest BCUT2D eigenvalue weighted by Crippen LogP contribution is 2.40. The van der Waals surface area contributed by atoms with Gasteiger partial charge in [-0.3, -0.25) is 4.99 Å². The Bertz CT molecular complexity index is 1190. The zero-order valence-electron chi connectivity index (χ0n) is 25.6. The van der Waals surface area contributed by atoms with Gasteiger partial charge in [-0.15, -0.1) is 0 Å². The molecule has 1 unspecified atom stereocenters. The third kappa shape index (κ3) is 6.77. The van der Waals surface area contributed by atoms with Crippen molar-refractivity contribution in [3.8, 4) is 0 Å². The van der Waals surface area contributed by atoms with E-state index in [1.165, 1.54) is 27.9 Å². The van der Waals surface area contributed by atoms with Crippen LogP contribution in [0.5, 0.6) is 0 Å². The van der Waals surface area contributed by atoms with Gasteiger partial charge in [-0.25, -0.2) is 4.98 Å². The average Bonchev–Trinajstić information content (AvgIpc) is 2.86. The zero-order valence-corrected chi connectivity index (χ0v) is 26.7. The minimum absolute atomic E-state index is 0.182. The van der Waals surface area contributed by atoms with E-state index >= 15 is 0 Å². The van der Waals surface area contributed by atoms with Crippen LogP contribution in [-0.4, -0.2) is 25.6 Å². The Morgan fingerprint density at radius 1 is 0.658 bits per heavy atom. The van der Waals surface area contributed by atoms with Crippen molar-refractivity contribution in [3.05, 3.63) is 88.2 Å². The van der Waals surface area contributed by atoms with Gasteiger partial charge in [0.05, 0.1) is 23.3 Å². The van der Waals surface area contributed by atoms with Crippen molar-refractivity contribution in [2.24, 2.45) is 4.99 Å². The standard InChI is InChI=1S/C32H42N3.2CH3.Al/c1-20(2)26-14-11-15-27(21(3)4)31(26)33-19-25-13-10-18-30(35-25)24(9)34-32-28(22(5)6)16-12-17-29(32)23(7)8;;;/h10-24H,1-9H3;2*1H3;/q-1;;;+1. The van der Waals surface area contributed by atoms with Crippen LogP contribution in [0.2, 0.25) is 11.6 Å². The van der Waals surface area contributed by atoms with Crippen LogP contribution in [0.15, 0.2) is 59.6 Å². The van der Waals surface area contributed by atoms with E-state index < -0.39 is 14.4 Å². The maximum absolute atomic E-state index is 5.15. The molecule has 3 aromatic rings. The molecule has 2 aromatic carbocycles. The summed E-state index contributed by atoms with van der Waals surface area (Å²) in [5.41, 5.74) is 10.0. The van der Waals surface area contributed by atoms with Gasteiger partial charge in [0.25, 0.3) is 0 Å². The summed E-state index contributed by atoms with van der Waals surface area (Å²) in [6.45, 7) is 20.5. The van der Waals surface area contributed by atoms with Gasteiger partial charge in [0, 0.05) is 11.7 Å². The lowest BCUT2D eigenvalue weighted by Gasteiger charge is -2.39. The minimum atomic E-state index is -1.24. The smallest absolute Gasteiger partial charge is 0.407 e. The second-order valence-corrected chi connectivity index (χ2v) is 14.9. The molecule has 202 valence electrons. The number of para-hydroxylation sites is 2. The van der Waals surface area contributed by atoms with Gasteiger partial charge in [0.2, 0.25) is 0 Å². The topological polar surface area (TPSA) is 28.5 Å². The van der Waals surface area contributed by atoms with Gasteiger partial charge in [-0.1, -0.05) is 109 Å². The lowest BCUT2D eigenvalue weighted by molar-refractivity contribution is 0.741. The third-order valence-electron chi connectivity index (χ3n) is 7.46. The predicted molar refractivity (Wildman–Crippen MR) is 169 cm³/mol. The van der Waals surface area contributed by atoms with Crippen molar-refractivity contribution < 1.29 is 0 Å². The molecule has 38 heavy (non-hydrogen) atoms. The summed E-state index contributed by atoms with van der Waals surface area (Å²) >= 11 is -1.24. The summed E-state index contributed by atoms with van der Waals surface area (Å²) in [5.74, 6) is 6.63. The Labute approximate surface area is 237 Å². The summed E-state index contributed by atoms with van der Waals surface area (Å²) in [6.07, 6.45) is 1.96. The first-order valence-electron chi connectivity index (χ1n) is 14.5. The zero-order chi connectivity index (χ0) is 28.1. The Hall–Kier alpha value is -2.41. The molecule has 0 N–H and O–H groups in total. The highest BCUT2D eigenvalue weighted by Gasteiger charge is 2.29. The lowest BCUT2D eigenvalue weighted by Crippen LogP contribution is -2.39. The molecule has 0 aliphatic rings. The van der Waals surface area contributed by atoms with Crippen molar-refractivity contribution in [2.45, 2.75) is 104 Å². The molecule has 0 spiro atoms. The Kier molecular flexibility index (Phi) is 10.4. The molecule has 3 nitrogen and oxygen atoms in total. The third-order valence-corrected chi connectivity index (χ3v) is 9.28. The Morgan fingerprint density at radius 3 is 1.55 bits per heavy atom. The molecule has 0 saturated carbocycles. The van der Waals surface area contributed by atoms with E-state index in [1.807, 2.05) is 6.21 Å². The number of aromatic nitrogens is 1. The number of anilines is 1. The largest absolute Gasteiger partial charge is 0.455 e. The molecule has 1 atom stereocenters. The number of rotatable bonds is 10. The van der Waals surface area contributed by atoms with Crippen LogP contribution >= 0.6 is 0 Å². The Balaban J connectivity index is 2.06. The van der Waals surface area contributed by atoms with Crippen LogP contribution in [0, 0.1) is 0 Å². The molecule has 1 heterocycles. The summed E-state index contributed by atoms with van der Waals surface area (Å²) in [4.78, 5) is 10.2. The first-order chi connectivity index (χ1) is 17.9. The minimum Gasteiger partial charge on any atom is -0.455 e. The fraction of sp³-hybridized carbons (Fsp3) is 0.471. The van der Waals surface area contributed by atoms with Crippen molar-refractivity contribution in [2.75, 3.05) is 3.88 Å². The number of pyridine rings is 1. The van der Waals surface area contributed by atoms with Crippen molar-refractivity contribution >= 4 is 32.0 Å². The molecule has 1 aromatic heterocycles.